The van der Waals surface area contributed by atoms with E-state index in [-0.39, 0.29) is 11.6 Å². The van der Waals surface area contributed by atoms with Gasteiger partial charge in [0.1, 0.15) is 0 Å². The summed E-state index contributed by atoms with van der Waals surface area (Å²) in [5, 5.41) is 14.6. The van der Waals surface area contributed by atoms with Crippen molar-refractivity contribution in [3.05, 3.63) is 63.1 Å². The standard InChI is InChI=1S/C18H17N3O3S/c1-12-9-10-13(21(23)24)11-15(12)19-17(22)7-4-8-18-20-14-5-2-3-6-16(14)25-18/h2-3,5-6,9-11H,4,7-8H2,1H3,(H,19,22). The van der Waals surface area contributed by atoms with Gasteiger partial charge in [-0.2, -0.15) is 0 Å². The van der Waals surface area contributed by atoms with Gasteiger partial charge in [-0.1, -0.05) is 18.2 Å². The largest absolute Gasteiger partial charge is 0.326 e. The van der Waals surface area contributed by atoms with Crippen LogP contribution in [0.5, 0.6) is 0 Å². The summed E-state index contributed by atoms with van der Waals surface area (Å²) in [5.41, 5.74) is 2.24. The lowest BCUT2D eigenvalue weighted by Crippen LogP contribution is -2.12. The Labute approximate surface area is 148 Å². The van der Waals surface area contributed by atoms with Crippen molar-refractivity contribution in [2.75, 3.05) is 5.32 Å². The monoisotopic (exact) mass is 355 g/mol. The average Bonchev–Trinajstić information content (AvgIpc) is 2.99. The molecule has 0 unspecified atom stereocenters. The van der Waals surface area contributed by atoms with Gasteiger partial charge in [0.05, 0.1) is 25.8 Å². The van der Waals surface area contributed by atoms with Gasteiger partial charge in [0, 0.05) is 18.6 Å². The zero-order valence-electron chi connectivity index (χ0n) is 13.7. The van der Waals surface area contributed by atoms with Crippen LogP contribution in [0.2, 0.25) is 0 Å². The quantitative estimate of drug-likeness (QED) is 0.522. The number of aryl methyl sites for hydroxylation is 2. The van der Waals surface area contributed by atoms with Crippen LogP contribution in [0.25, 0.3) is 10.2 Å². The van der Waals surface area contributed by atoms with Gasteiger partial charge < -0.3 is 5.32 Å². The summed E-state index contributed by atoms with van der Waals surface area (Å²) in [4.78, 5) is 27.0. The number of benzene rings is 2. The minimum Gasteiger partial charge on any atom is -0.326 e. The number of carbonyl (C=O) groups is 1. The van der Waals surface area contributed by atoms with Crippen LogP contribution in [-0.2, 0) is 11.2 Å². The molecule has 0 aliphatic heterocycles. The van der Waals surface area contributed by atoms with Gasteiger partial charge in [-0.25, -0.2) is 4.98 Å². The highest BCUT2D eigenvalue weighted by molar-refractivity contribution is 7.18. The summed E-state index contributed by atoms with van der Waals surface area (Å²) < 4.78 is 1.15. The van der Waals surface area contributed by atoms with E-state index in [0.29, 0.717) is 18.5 Å². The Morgan fingerprint density at radius 2 is 2.08 bits per heavy atom. The molecule has 0 spiro atoms. The smallest absolute Gasteiger partial charge is 0.271 e. The molecule has 0 fully saturated rings. The predicted molar refractivity (Wildman–Crippen MR) is 99.0 cm³/mol. The fraction of sp³-hybridized carbons (Fsp3) is 0.222. The molecule has 3 aromatic rings. The normalized spacial score (nSPS) is 10.8. The second-order valence-electron chi connectivity index (χ2n) is 5.73. The number of hydrogen-bond donors (Lipinski definition) is 1. The van der Waals surface area contributed by atoms with E-state index in [0.717, 1.165) is 27.2 Å². The number of para-hydroxylation sites is 1. The molecule has 0 bridgehead atoms. The van der Waals surface area contributed by atoms with E-state index < -0.39 is 4.92 Å². The molecule has 1 aromatic heterocycles. The lowest BCUT2D eigenvalue weighted by molar-refractivity contribution is -0.384. The van der Waals surface area contributed by atoms with Gasteiger partial charge in [-0.05, 0) is 37.5 Å². The van der Waals surface area contributed by atoms with Crippen molar-refractivity contribution in [3.63, 3.8) is 0 Å². The maximum absolute atomic E-state index is 12.1. The third-order valence-electron chi connectivity index (χ3n) is 3.84. The van der Waals surface area contributed by atoms with Crippen LogP contribution < -0.4 is 5.32 Å². The number of thiazole rings is 1. The Morgan fingerprint density at radius 3 is 2.84 bits per heavy atom. The first kappa shape index (κ1) is 17.0. The van der Waals surface area contributed by atoms with Crippen molar-refractivity contribution in [2.45, 2.75) is 26.2 Å². The molecule has 1 amide bonds. The van der Waals surface area contributed by atoms with E-state index in [9.17, 15) is 14.9 Å². The van der Waals surface area contributed by atoms with Gasteiger partial charge in [0.25, 0.3) is 5.69 Å². The van der Waals surface area contributed by atoms with Crippen molar-refractivity contribution >= 4 is 38.8 Å². The SMILES string of the molecule is Cc1ccc([N+](=O)[O-])cc1NC(=O)CCCc1nc2ccccc2s1. The van der Waals surface area contributed by atoms with Gasteiger partial charge in [-0.15, -0.1) is 11.3 Å². The first-order valence-electron chi connectivity index (χ1n) is 7.92. The summed E-state index contributed by atoms with van der Waals surface area (Å²) in [6, 6.07) is 12.4. The topological polar surface area (TPSA) is 85.1 Å². The second kappa shape index (κ2) is 7.40. The van der Waals surface area contributed by atoms with Crippen molar-refractivity contribution in [2.24, 2.45) is 0 Å². The molecule has 1 N–H and O–H groups in total. The van der Waals surface area contributed by atoms with Crippen molar-refractivity contribution in [1.82, 2.24) is 4.98 Å². The Bertz CT molecular complexity index is 903. The van der Waals surface area contributed by atoms with Gasteiger partial charge in [0.2, 0.25) is 5.91 Å². The fourth-order valence-corrected chi connectivity index (χ4v) is 3.51. The zero-order chi connectivity index (χ0) is 17.8. The first-order valence-corrected chi connectivity index (χ1v) is 8.74. The van der Waals surface area contributed by atoms with Crippen LogP contribution in [0.4, 0.5) is 11.4 Å². The molecule has 7 heteroatoms. The second-order valence-corrected chi connectivity index (χ2v) is 6.85. The van der Waals surface area contributed by atoms with Crippen LogP contribution >= 0.6 is 11.3 Å². The molecule has 1 heterocycles. The van der Waals surface area contributed by atoms with Crippen molar-refractivity contribution < 1.29 is 9.72 Å². The van der Waals surface area contributed by atoms with Crippen LogP contribution in [0.1, 0.15) is 23.4 Å². The zero-order valence-corrected chi connectivity index (χ0v) is 14.5. The van der Waals surface area contributed by atoms with Crippen LogP contribution in [0.15, 0.2) is 42.5 Å². The number of non-ortho nitro benzene ring substituents is 1. The fourth-order valence-electron chi connectivity index (χ4n) is 2.50. The number of fused-ring (bicyclic) bond motifs is 1. The van der Waals surface area contributed by atoms with Crippen LogP contribution in [0, 0.1) is 17.0 Å². The molecule has 128 valence electrons. The molecule has 0 atom stereocenters. The maximum atomic E-state index is 12.1. The summed E-state index contributed by atoms with van der Waals surface area (Å²) in [5.74, 6) is -0.148. The highest BCUT2D eigenvalue weighted by atomic mass is 32.1. The summed E-state index contributed by atoms with van der Waals surface area (Å²) in [6.45, 7) is 1.81. The van der Waals surface area contributed by atoms with E-state index in [2.05, 4.69) is 10.3 Å². The molecule has 0 saturated carbocycles. The van der Waals surface area contributed by atoms with E-state index in [4.69, 9.17) is 0 Å². The number of nitro groups is 1. The molecule has 0 radical (unpaired) electrons. The number of hydrogen-bond acceptors (Lipinski definition) is 5. The summed E-state index contributed by atoms with van der Waals surface area (Å²) in [6.07, 6.45) is 1.76. The molecular weight excluding hydrogens is 338 g/mol. The van der Waals surface area contributed by atoms with Gasteiger partial charge in [0.15, 0.2) is 0 Å². The number of carbonyl (C=O) groups excluding carboxylic acids is 1. The average molecular weight is 355 g/mol. The Balaban J connectivity index is 1.56. The molecule has 3 rings (SSSR count). The minimum atomic E-state index is -0.470. The number of anilines is 1. The first-order chi connectivity index (χ1) is 12.0. The summed E-state index contributed by atoms with van der Waals surface area (Å²) >= 11 is 1.64. The third-order valence-corrected chi connectivity index (χ3v) is 4.93. The predicted octanol–water partition coefficient (Wildman–Crippen LogP) is 4.47. The molecular formula is C18H17N3O3S. The number of rotatable bonds is 6. The number of nitro benzene ring substituents is 1. The van der Waals surface area contributed by atoms with Crippen molar-refractivity contribution in [3.8, 4) is 0 Å². The molecule has 6 nitrogen and oxygen atoms in total. The molecule has 2 aromatic carbocycles. The molecule has 25 heavy (non-hydrogen) atoms. The van der Waals surface area contributed by atoms with Gasteiger partial charge in [-0.3, -0.25) is 14.9 Å². The number of amides is 1. The maximum Gasteiger partial charge on any atom is 0.271 e. The van der Waals surface area contributed by atoms with E-state index in [1.165, 1.54) is 12.1 Å². The third kappa shape index (κ3) is 4.19. The number of nitrogens with zero attached hydrogens (tertiary/aromatic N) is 2. The number of aromatic nitrogens is 1. The van der Waals surface area contributed by atoms with E-state index >= 15 is 0 Å². The van der Waals surface area contributed by atoms with Gasteiger partial charge >= 0.3 is 0 Å². The molecule has 0 saturated heterocycles. The lowest BCUT2D eigenvalue weighted by Gasteiger charge is -2.08. The highest BCUT2D eigenvalue weighted by Crippen LogP contribution is 2.24. The molecule has 0 aliphatic rings. The Morgan fingerprint density at radius 1 is 1.28 bits per heavy atom. The minimum absolute atomic E-state index is 0.0321. The molecule has 0 aliphatic carbocycles. The lowest BCUT2D eigenvalue weighted by atomic mass is 10.1. The van der Waals surface area contributed by atoms with Crippen LogP contribution in [0.3, 0.4) is 0 Å². The number of nitrogens with one attached hydrogen (secondary N) is 1. The van der Waals surface area contributed by atoms with Crippen molar-refractivity contribution in [1.29, 1.82) is 0 Å². The Hall–Kier alpha value is -2.80. The Kier molecular flexibility index (Phi) is 5.04. The van der Waals surface area contributed by atoms with Crippen LogP contribution in [-0.4, -0.2) is 15.8 Å². The van der Waals surface area contributed by atoms with E-state index in [1.54, 1.807) is 24.3 Å². The van der Waals surface area contributed by atoms with E-state index in [1.807, 2.05) is 24.3 Å². The highest BCUT2D eigenvalue weighted by Gasteiger charge is 2.11. The summed E-state index contributed by atoms with van der Waals surface area (Å²) in [7, 11) is 0.